The van der Waals surface area contributed by atoms with Crippen LogP contribution in [0.2, 0.25) is 5.02 Å². The first-order chi connectivity index (χ1) is 17.4. The zero-order valence-electron chi connectivity index (χ0n) is 20.6. The van der Waals surface area contributed by atoms with E-state index in [1.807, 2.05) is 56.3 Å². The molecule has 2 amide bonds. The minimum Gasteiger partial charge on any atom is -0.352 e. The molecule has 0 saturated carbocycles. The molecule has 190 valence electrons. The van der Waals surface area contributed by atoms with Crippen molar-refractivity contribution >= 4 is 35.2 Å². The van der Waals surface area contributed by atoms with Crippen molar-refractivity contribution in [2.75, 3.05) is 5.75 Å². The lowest BCUT2D eigenvalue weighted by molar-refractivity contribution is -0.139. The van der Waals surface area contributed by atoms with Gasteiger partial charge in [-0.05, 0) is 54.3 Å². The Kier molecular flexibility index (Phi) is 10.8. The molecule has 0 heterocycles. The van der Waals surface area contributed by atoms with Crippen LogP contribution >= 0.6 is 23.4 Å². The van der Waals surface area contributed by atoms with E-state index in [0.29, 0.717) is 23.7 Å². The van der Waals surface area contributed by atoms with Gasteiger partial charge in [0.05, 0.1) is 5.75 Å². The third-order valence-electron chi connectivity index (χ3n) is 5.95. The van der Waals surface area contributed by atoms with Crippen LogP contribution < -0.4 is 5.32 Å². The highest BCUT2D eigenvalue weighted by Gasteiger charge is 2.30. The molecule has 3 rings (SSSR count). The van der Waals surface area contributed by atoms with E-state index in [9.17, 15) is 14.0 Å². The number of hydrogen-bond donors (Lipinski definition) is 1. The van der Waals surface area contributed by atoms with E-state index in [1.165, 1.54) is 23.9 Å². The molecule has 0 fully saturated rings. The van der Waals surface area contributed by atoms with Gasteiger partial charge in [-0.2, -0.15) is 0 Å². The number of nitrogens with one attached hydrogen (secondary N) is 1. The molecule has 0 bridgehead atoms. The molecular formula is C29H32ClFN2O2S. The average Bonchev–Trinajstić information content (AvgIpc) is 2.88. The summed E-state index contributed by atoms with van der Waals surface area (Å²) in [6.45, 7) is 4.26. The number of benzene rings is 3. The summed E-state index contributed by atoms with van der Waals surface area (Å²) < 4.78 is 13.2. The van der Waals surface area contributed by atoms with Gasteiger partial charge in [-0.3, -0.25) is 9.59 Å². The minimum absolute atomic E-state index is 0.00360. The van der Waals surface area contributed by atoms with Crippen LogP contribution in [0.25, 0.3) is 0 Å². The SMILES string of the molecule is CC[C@H](C)NC(=O)[C@H](Cc1ccccc1)N(Cc1ccc(Cl)cc1)C(=O)CSCc1ccc(F)cc1. The summed E-state index contributed by atoms with van der Waals surface area (Å²) in [6.07, 6.45) is 1.20. The molecule has 0 saturated heterocycles. The average molecular weight is 527 g/mol. The number of thioether (sulfide) groups is 1. The highest BCUT2D eigenvalue weighted by molar-refractivity contribution is 7.99. The molecule has 0 spiro atoms. The molecule has 4 nitrogen and oxygen atoms in total. The van der Waals surface area contributed by atoms with Crippen LogP contribution in [-0.2, 0) is 28.3 Å². The third-order valence-corrected chi connectivity index (χ3v) is 7.19. The topological polar surface area (TPSA) is 49.4 Å². The van der Waals surface area contributed by atoms with Gasteiger partial charge >= 0.3 is 0 Å². The van der Waals surface area contributed by atoms with Gasteiger partial charge in [0.1, 0.15) is 11.9 Å². The number of nitrogens with zero attached hydrogens (tertiary/aromatic N) is 1. The first kappa shape index (κ1) is 27.8. The second-order valence-electron chi connectivity index (χ2n) is 8.79. The quantitative estimate of drug-likeness (QED) is 0.303. The zero-order valence-corrected chi connectivity index (χ0v) is 22.2. The summed E-state index contributed by atoms with van der Waals surface area (Å²) in [4.78, 5) is 28.7. The van der Waals surface area contributed by atoms with Crippen LogP contribution in [0.3, 0.4) is 0 Å². The van der Waals surface area contributed by atoms with Crippen LogP contribution in [0, 0.1) is 5.82 Å². The summed E-state index contributed by atoms with van der Waals surface area (Å²) in [5.74, 6) is 0.192. The van der Waals surface area contributed by atoms with E-state index >= 15 is 0 Å². The fraction of sp³-hybridized carbons (Fsp3) is 0.310. The van der Waals surface area contributed by atoms with Gasteiger partial charge in [-0.15, -0.1) is 11.8 Å². The molecule has 0 unspecified atom stereocenters. The fourth-order valence-corrected chi connectivity index (χ4v) is 4.70. The monoisotopic (exact) mass is 526 g/mol. The lowest BCUT2D eigenvalue weighted by atomic mass is 10.0. The summed E-state index contributed by atoms with van der Waals surface area (Å²) >= 11 is 7.52. The van der Waals surface area contributed by atoms with Crippen molar-refractivity contribution in [3.05, 3.63) is 106 Å². The Labute approximate surface area is 222 Å². The first-order valence-electron chi connectivity index (χ1n) is 12.1. The Hall–Kier alpha value is -2.83. The van der Waals surface area contributed by atoms with Crippen LogP contribution in [0.15, 0.2) is 78.9 Å². The van der Waals surface area contributed by atoms with Crippen molar-refractivity contribution in [3.63, 3.8) is 0 Å². The van der Waals surface area contributed by atoms with Gasteiger partial charge in [0.15, 0.2) is 0 Å². The van der Waals surface area contributed by atoms with E-state index in [-0.39, 0.29) is 29.4 Å². The number of halogens is 2. The Morgan fingerprint density at radius 2 is 1.58 bits per heavy atom. The maximum atomic E-state index is 13.6. The summed E-state index contributed by atoms with van der Waals surface area (Å²) in [6, 6.07) is 22.7. The number of rotatable bonds is 12. The number of amides is 2. The van der Waals surface area contributed by atoms with Gasteiger partial charge in [0.25, 0.3) is 0 Å². The second-order valence-corrected chi connectivity index (χ2v) is 10.2. The normalized spacial score (nSPS) is 12.6. The molecule has 1 N–H and O–H groups in total. The molecule has 7 heteroatoms. The van der Waals surface area contributed by atoms with E-state index in [4.69, 9.17) is 11.6 Å². The first-order valence-corrected chi connectivity index (χ1v) is 13.6. The van der Waals surface area contributed by atoms with Gasteiger partial charge < -0.3 is 10.2 Å². The Balaban J connectivity index is 1.84. The minimum atomic E-state index is -0.670. The molecule has 2 atom stereocenters. The molecule has 0 aliphatic rings. The van der Waals surface area contributed by atoms with Gasteiger partial charge in [-0.1, -0.05) is 73.1 Å². The summed E-state index contributed by atoms with van der Waals surface area (Å²) in [5.41, 5.74) is 2.81. The Bertz CT molecular complexity index is 1110. The molecule has 36 heavy (non-hydrogen) atoms. The van der Waals surface area contributed by atoms with Gasteiger partial charge in [-0.25, -0.2) is 4.39 Å². The smallest absolute Gasteiger partial charge is 0.243 e. The molecule has 0 aliphatic carbocycles. The summed E-state index contributed by atoms with van der Waals surface area (Å²) in [5, 5.41) is 3.68. The second kappa shape index (κ2) is 14.0. The molecule has 0 aromatic heterocycles. The predicted octanol–water partition coefficient (Wildman–Crippen LogP) is 6.27. The molecule has 3 aromatic carbocycles. The van der Waals surface area contributed by atoms with Crippen molar-refractivity contribution in [3.8, 4) is 0 Å². The molecule has 0 radical (unpaired) electrons. The van der Waals surface area contributed by atoms with Crippen LogP contribution in [0.4, 0.5) is 4.39 Å². The number of hydrogen-bond acceptors (Lipinski definition) is 3. The van der Waals surface area contributed by atoms with Crippen molar-refractivity contribution < 1.29 is 14.0 Å². The van der Waals surface area contributed by atoms with Crippen LogP contribution in [0.1, 0.15) is 37.0 Å². The highest BCUT2D eigenvalue weighted by Crippen LogP contribution is 2.20. The van der Waals surface area contributed by atoms with E-state index in [0.717, 1.165) is 23.1 Å². The molecular weight excluding hydrogens is 495 g/mol. The van der Waals surface area contributed by atoms with E-state index < -0.39 is 6.04 Å². The maximum absolute atomic E-state index is 13.6. The van der Waals surface area contributed by atoms with Crippen LogP contribution in [0.5, 0.6) is 0 Å². The van der Waals surface area contributed by atoms with Gasteiger partial charge in [0, 0.05) is 29.8 Å². The third kappa shape index (κ3) is 8.68. The predicted molar refractivity (Wildman–Crippen MR) is 146 cm³/mol. The highest BCUT2D eigenvalue weighted by atomic mass is 35.5. The van der Waals surface area contributed by atoms with Crippen molar-refractivity contribution in [1.82, 2.24) is 10.2 Å². The van der Waals surface area contributed by atoms with Crippen molar-refractivity contribution in [1.29, 1.82) is 0 Å². The number of carbonyl (C=O) groups excluding carboxylic acids is 2. The standard InChI is InChI=1S/C29H32ClFN2O2S/c1-3-21(2)32-29(35)27(17-22-7-5-4-6-8-22)33(18-23-9-13-25(30)14-10-23)28(34)20-36-19-24-11-15-26(31)16-12-24/h4-16,21,27H,3,17-20H2,1-2H3,(H,32,35)/t21-,27-/m0/s1. The van der Waals surface area contributed by atoms with Crippen LogP contribution in [-0.4, -0.2) is 34.6 Å². The number of carbonyl (C=O) groups is 2. The lowest BCUT2D eigenvalue weighted by Gasteiger charge is -2.32. The van der Waals surface area contributed by atoms with Crippen molar-refractivity contribution in [2.45, 2.75) is 51.1 Å². The van der Waals surface area contributed by atoms with E-state index in [1.54, 1.807) is 29.2 Å². The fourth-order valence-electron chi connectivity index (χ4n) is 3.70. The Morgan fingerprint density at radius 1 is 0.944 bits per heavy atom. The zero-order chi connectivity index (χ0) is 25.9. The molecule has 0 aliphatic heterocycles. The van der Waals surface area contributed by atoms with E-state index in [2.05, 4.69) is 5.32 Å². The van der Waals surface area contributed by atoms with Gasteiger partial charge in [0.2, 0.25) is 11.8 Å². The largest absolute Gasteiger partial charge is 0.352 e. The summed E-state index contributed by atoms with van der Waals surface area (Å²) in [7, 11) is 0. The maximum Gasteiger partial charge on any atom is 0.243 e. The lowest BCUT2D eigenvalue weighted by Crippen LogP contribution is -2.52. The molecule has 3 aromatic rings. The Morgan fingerprint density at radius 3 is 2.22 bits per heavy atom. The van der Waals surface area contributed by atoms with Crippen molar-refractivity contribution in [2.24, 2.45) is 0 Å².